The molecular formula is C19H14F3OP. The average molecular weight is 346 g/mol. The van der Waals surface area contributed by atoms with Gasteiger partial charge in [-0.1, -0.05) is 60.7 Å². The molecule has 0 saturated heterocycles. The summed E-state index contributed by atoms with van der Waals surface area (Å²) in [4.78, 5) is 0. The lowest BCUT2D eigenvalue weighted by molar-refractivity contribution is 0.446. The van der Waals surface area contributed by atoms with Crippen molar-refractivity contribution in [3.8, 4) is 0 Å². The van der Waals surface area contributed by atoms with E-state index in [9.17, 15) is 17.7 Å². The molecular weight excluding hydrogens is 332 g/mol. The van der Waals surface area contributed by atoms with E-state index in [-0.39, 0.29) is 11.7 Å². The first-order valence-electron chi connectivity index (χ1n) is 7.34. The topological polar surface area (TPSA) is 17.1 Å². The van der Waals surface area contributed by atoms with Gasteiger partial charge in [0.05, 0.1) is 0 Å². The van der Waals surface area contributed by atoms with Crippen molar-refractivity contribution >= 4 is 17.8 Å². The van der Waals surface area contributed by atoms with E-state index in [1.807, 2.05) is 0 Å². The van der Waals surface area contributed by atoms with Gasteiger partial charge in [-0.05, 0) is 17.7 Å². The Morgan fingerprint density at radius 2 is 1.12 bits per heavy atom. The van der Waals surface area contributed by atoms with Crippen molar-refractivity contribution in [1.29, 1.82) is 0 Å². The Hall–Kier alpha value is -2.32. The first-order chi connectivity index (χ1) is 11.5. The second-order valence-electron chi connectivity index (χ2n) is 5.44. The fraction of sp³-hybridized carbons (Fsp3) is 0.0526. The molecule has 0 heterocycles. The zero-order chi connectivity index (χ0) is 17.2. The minimum absolute atomic E-state index is 0.0881. The van der Waals surface area contributed by atoms with Crippen molar-refractivity contribution in [3.05, 3.63) is 95.8 Å². The van der Waals surface area contributed by atoms with Gasteiger partial charge in [-0.3, -0.25) is 0 Å². The Morgan fingerprint density at radius 3 is 1.54 bits per heavy atom. The summed E-state index contributed by atoms with van der Waals surface area (Å²) in [6, 6.07) is 19.4. The molecule has 0 aliphatic carbocycles. The lowest BCUT2D eigenvalue weighted by Crippen LogP contribution is -2.17. The summed E-state index contributed by atoms with van der Waals surface area (Å²) in [6.07, 6.45) is -0.0881. The quantitative estimate of drug-likeness (QED) is 0.498. The molecule has 5 heteroatoms. The van der Waals surface area contributed by atoms with Crippen molar-refractivity contribution < 1.29 is 17.7 Å². The van der Waals surface area contributed by atoms with Crippen LogP contribution in [0.3, 0.4) is 0 Å². The highest BCUT2D eigenvalue weighted by Crippen LogP contribution is 2.47. The average Bonchev–Trinajstić information content (AvgIpc) is 2.61. The second-order valence-corrected chi connectivity index (χ2v) is 8.27. The lowest BCUT2D eigenvalue weighted by Gasteiger charge is -2.19. The molecule has 0 radical (unpaired) electrons. The van der Waals surface area contributed by atoms with Gasteiger partial charge in [0, 0.05) is 16.8 Å². The Kier molecular flexibility index (Phi) is 4.59. The molecule has 0 fully saturated rings. The summed E-state index contributed by atoms with van der Waals surface area (Å²) < 4.78 is 54.0. The van der Waals surface area contributed by atoms with Crippen LogP contribution in [0, 0.1) is 17.5 Å². The molecule has 0 bridgehead atoms. The standard InChI is InChI=1S/C19H14F3OP/c20-17-11-14(12-18(21)19(17)22)13-24(23,15-7-3-1-4-8-15)16-9-5-2-6-10-16/h1-12H,13H2. The zero-order valence-electron chi connectivity index (χ0n) is 12.6. The highest BCUT2D eigenvalue weighted by atomic mass is 31.2. The first kappa shape index (κ1) is 16.5. The fourth-order valence-corrected chi connectivity index (χ4v) is 5.29. The predicted octanol–water partition coefficient (Wildman–Crippen LogP) is 4.62. The van der Waals surface area contributed by atoms with Gasteiger partial charge < -0.3 is 4.57 Å². The molecule has 122 valence electrons. The van der Waals surface area contributed by atoms with Crippen molar-refractivity contribution in [2.75, 3.05) is 0 Å². The number of rotatable bonds is 4. The van der Waals surface area contributed by atoms with Crippen LogP contribution in [0.2, 0.25) is 0 Å². The molecule has 0 unspecified atom stereocenters. The van der Waals surface area contributed by atoms with E-state index in [2.05, 4.69) is 0 Å². The molecule has 0 aromatic heterocycles. The number of hydrogen-bond acceptors (Lipinski definition) is 1. The molecule has 0 saturated carbocycles. The minimum Gasteiger partial charge on any atom is -0.313 e. The van der Waals surface area contributed by atoms with Crippen molar-refractivity contribution in [3.63, 3.8) is 0 Å². The van der Waals surface area contributed by atoms with Gasteiger partial charge in [0.15, 0.2) is 17.5 Å². The van der Waals surface area contributed by atoms with Gasteiger partial charge in [-0.2, -0.15) is 0 Å². The molecule has 0 amide bonds. The van der Waals surface area contributed by atoms with E-state index in [1.54, 1.807) is 60.7 Å². The second kappa shape index (κ2) is 6.66. The van der Waals surface area contributed by atoms with E-state index < -0.39 is 24.6 Å². The summed E-state index contributed by atoms with van der Waals surface area (Å²) in [5, 5.41) is 1.17. The summed E-state index contributed by atoms with van der Waals surface area (Å²) in [5.74, 6) is -4.08. The van der Waals surface area contributed by atoms with Gasteiger partial charge in [0.2, 0.25) is 0 Å². The van der Waals surface area contributed by atoms with Gasteiger partial charge >= 0.3 is 0 Å². The summed E-state index contributed by atoms with van der Waals surface area (Å²) >= 11 is 0. The van der Waals surface area contributed by atoms with Crippen LogP contribution in [-0.4, -0.2) is 0 Å². The molecule has 0 spiro atoms. The van der Waals surface area contributed by atoms with E-state index in [1.165, 1.54) is 0 Å². The van der Waals surface area contributed by atoms with E-state index in [0.717, 1.165) is 12.1 Å². The van der Waals surface area contributed by atoms with Crippen molar-refractivity contribution in [2.45, 2.75) is 6.16 Å². The molecule has 3 aromatic carbocycles. The molecule has 0 atom stereocenters. The maximum Gasteiger partial charge on any atom is 0.194 e. The SMILES string of the molecule is O=P(Cc1cc(F)c(F)c(F)c1)(c1ccccc1)c1ccccc1. The van der Waals surface area contributed by atoms with Crippen molar-refractivity contribution in [2.24, 2.45) is 0 Å². The van der Waals surface area contributed by atoms with Crippen LogP contribution in [0.15, 0.2) is 72.8 Å². The van der Waals surface area contributed by atoms with Gasteiger partial charge in [-0.15, -0.1) is 0 Å². The van der Waals surface area contributed by atoms with Crippen LogP contribution in [-0.2, 0) is 10.7 Å². The normalized spacial score (nSPS) is 11.5. The molecule has 1 nitrogen and oxygen atoms in total. The maximum atomic E-state index is 13.8. The molecule has 3 aromatic rings. The largest absolute Gasteiger partial charge is 0.313 e. The van der Waals surface area contributed by atoms with Crippen LogP contribution in [0.5, 0.6) is 0 Å². The monoisotopic (exact) mass is 346 g/mol. The Balaban J connectivity index is 2.12. The lowest BCUT2D eigenvalue weighted by atomic mass is 10.2. The highest BCUT2D eigenvalue weighted by Gasteiger charge is 2.28. The fourth-order valence-electron chi connectivity index (χ4n) is 2.63. The number of benzene rings is 3. The Labute approximate surface area is 138 Å². The minimum atomic E-state index is -3.16. The maximum absolute atomic E-state index is 13.8. The molecule has 0 aliphatic rings. The van der Waals surface area contributed by atoms with Crippen LogP contribution in [0.4, 0.5) is 13.2 Å². The van der Waals surface area contributed by atoms with Crippen LogP contribution in [0.25, 0.3) is 0 Å². The third-order valence-corrected chi connectivity index (χ3v) is 6.87. The number of halogens is 3. The third-order valence-electron chi connectivity index (χ3n) is 3.80. The Bertz CT molecular complexity index is 828. The van der Waals surface area contributed by atoms with Crippen LogP contribution in [0.1, 0.15) is 5.56 Å². The summed E-state index contributed by atoms with van der Waals surface area (Å²) in [5.41, 5.74) is 0.155. The predicted molar refractivity (Wildman–Crippen MR) is 89.8 cm³/mol. The van der Waals surface area contributed by atoms with E-state index in [0.29, 0.717) is 10.6 Å². The van der Waals surface area contributed by atoms with Gasteiger partial charge in [0.1, 0.15) is 7.14 Å². The summed E-state index contributed by atoms with van der Waals surface area (Å²) in [7, 11) is -3.16. The highest BCUT2D eigenvalue weighted by molar-refractivity contribution is 7.78. The Morgan fingerprint density at radius 1 is 0.708 bits per heavy atom. The molecule has 0 aliphatic heterocycles. The molecule has 3 rings (SSSR count). The summed E-state index contributed by atoms with van der Waals surface area (Å²) in [6.45, 7) is 0. The van der Waals surface area contributed by atoms with E-state index >= 15 is 0 Å². The smallest absolute Gasteiger partial charge is 0.194 e. The van der Waals surface area contributed by atoms with Gasteiger partial charge in [0.25, 0.3) is 0 Å². The zero-order valence-corrected chi connectivity index (χ0v) is 13.5. The van der Waals surface area contributed by atoms with Crippen molar-refractivity contribution in [1.82, 2.24) is 0 Å². The van der Waals surface area contributed by atoms with Gasteiger partial charge in [-0.25, -0.2) is 13.2 Å². The third kappa shape index (κ3) is 3.15. The van der Waals surface area contributed by atoms with Crippen LogP contribution >= 0.6 is 7.14 Å². The van der Waals surface area contributed by atoms with Crippen LogP contribution < -0.4 is 10.6 Å². The molecule has 0 N–H and O–H groups in total. The molecule has 24 heavy (non-hydrogen) atoms. The van der Waals surface area contributed by atoms with E-state index in [4.69, 9.17) is 0 Å². The first-order valence-corrected chi connectivity index (χ1v) is 9.23. The number of hydrogen-bond donors (Lipinski definition) is 0.